The van der Waals surface area contributed by atoms with Gasteiger partial charge in [0.25, 0.3) is 0 Å². The fourth-order valence-corrected chi connectivity index (χ4v) is 2.64. The summed E-state index contributed by atoms with van der Waals surface area (Å²) in [5.74, 6) is 0.986. The zero-order chi connectivity index (χ0) is 12.8. The van der Waals surface area contributed by atoms with E-state index in [9.17, 15) is 4.39 Å². The highest BCUT2D eigenvalue weighted by atomic mass is 19.1. The minimum Gasteiger partial charge on any atom is -0.438 e. The van der Waals surface area contributed by atoms with Crippen LogP contribution < -0.4 is 10.2 Å². The van der Waals surface area contributed by atoms with Gasteiger partial charge in [0.05, 0.1) is 5.69 Å². The number of hydrogen-bond acceptors (Lipinski definition) is 4. The zero-order valence-corrected chi connectivity index (χ0v) is 10.7. The van der Waals surface area contributed by atoms with Crippen molar-refractivity contribution in [2.75, 3.05) is 31.1 Å². The first-order valence-electron chi connectivity index (χ1n) is 6.87. The number of nitrogens with one attached hydrogen (secondary N) is 1. The first kappa shape index (κ1) is 11.2. The van der Waals surface area contributed by atoms with E-state index in [1.807, 2.05) is 0 Å². The van der Waals surface area contributed by atoms with Gasteiger partial charge in [-0.3, -0.25) is 0 Å². The summed E-state index contributed by atoms with van der Waals surface area (Å²) in [5.41, 5.74) is 2.23. The van der Waals surface area contributed by atoms with Crippen molar-refractivity contribution in [3.05, 3.63) is 23.8 Å². The van der Waals surface area contributed by atoms with Crippen LogP contribution in [0.15, 0.2) is 16.5 Å². The molecule has 0 atom stereocenters. The molecule has 1 aliphatic heterocycles. The molecule has 0 unspecified atom stereocenters. The Morgan fingerprint density at radius 2 is 2.05 bits per heavy atom. The lowest BCUT2D eigenvalue weighted by Gasteiger charge is -2.29. The quantitative estimate of drug-likeness (QED) is 0.900. The molecule has 2 aromatic rings. The Morgan fingerprint density at radius 1 is 1.26 bits per heavy atom. The van der Waals surface area contributed by atoms with E-state index in [1.165, 1.54) is 6.07 Å². The van der Waals surface area contributed by atoms with Crippen LogP contribution in [-0.2, 0) is 0 Å². The summed E-state index contributed by atoms with van der Waals surface area (Å²) in [7, 11) is 0. The van der Waals surface area contributed by atoms with Crippen LogP contribution in [0.3, 0.4) is 0 Å². The van der Waals surface area contributed by atoms with Gasteiger partial charge in [0.1, 0.15) is 11.3 Å². The molecule has 1 saturated carbocycles. The molecule has 100 valence electrons. The molecule has 4 nitrogen and oxygen atoms in total. The third kappa shape index (κ3) is 1.98. The maximum atomic E-state index is 13.8. The maximum Gasteiger partial charge on any atom is 0.198 e. The minimum absolute atomic E-state index is 0.239. The van der Waals surface area contributed by atoms with Crippen LogP contribution in [0, 0.1) is 5.82 Å². The molecule has 0 radical (unpaired) electrons. The number of oxazole rings is 1. The van der Waals surface area contributed by atoms with Crippen LogP contribution in [0.1, 0.15) is 24.7 Å². The Bertz CT molecular complexity index is 614. The number of hydrogen-bond donors (Lipinski definition) is 1. The largest absolute Gasteiger partial charge is 0.438 e. The topological polar surface area (TPSA) is 41.3 Å². The van der Waals surface area contributed by atoms with E-state index in [2.05, 4.69) is 15.2 Å². The fourth-order valence-electron chi connectivity index (χ4n) is 2.64. The summed E-state index contributed by atoms with van der Waals surface area (Å²) in [4.78, 5) is 6.61. The fraction of sp³-hybridized carbons (Fsp3) is 0.500. The predicted molar refractivity (Wildman–Crippen MR) is 71.0 cm³/mol. The van der Waals surface area contributed by atoms with Crippen LogP contribution in [-0.4, -0.2) is 31.2 Å². The Hall–Kier alpha value is -1.62. The highest BCUT2D eigenvalue weighted by molar-refractivity contribution is 5.87. The molecule has 19 heavy (non-hydrogen) atoms. The van der Waals surface area contributed by atoms with E-state index in [-0.39, 0.29) is 5.82 Å². The van der Waals surface area contributed by atoms with Crippen LogP contribution >= 0.6 is 0 Å². The van der Waals surface area contributed by atoms with Gasteiger partial charge in [-0.2, -0.15) is 0 Å². The average Bonchev–Trinajstić information content (AvgIpc) is 3.19. The second kappa shape index (κ2) is 4.20. The van der Waals surface area contributed by atoms with Crippen molar-refractivity contribution in [2.45, 2.75) is 18.8 Å². The van der Waals surface area contributed by atoms with Crippen molar-refractivity contribution in [3.63, 3.8) is 0 Å². The second-order valence-electron chi connectivity index (χ2n) is 5.34. The number of fused-ring (bicyclic) bond motifs is 1. The molecule has 1 saturated heterocycles. The van der Waals surface area contributed by atoms with Crippen molar-refractivity contribution in [3.8, 4) is 0 Å². The van der Waals surface area contributed by atoms with Crippen LogP contribution in [0.5, 0.6) is 0 Å². The molecule has 1 aliphatic carbocycles. The van der Waals surface area contributed by atoms with Crippen molar-refractivity contribution in [1.82, 2.24) is 10.3 Å². The summed E-state index contributed by atoms with van der Waals surface area (Å²) in [5, 5.41) is 3.30. The number of rotatable bonds is 2. The Balaban J connectivity index is 1.82. The number of anilines is 1. The van der Waals surface area contributed by atoms with E-state index >= 15 is 0 Å². The van der Waals surface area contributed by atoms with Gasteiger partial charge in [-0.25, -0.2) is 9.37 Å². The monoisotopic (exact) mass is 261 g/mol. The third-order valence-electron chi connectivity index (χ3n) is 3.84. The van der Waals surface area contributed by atoms with Gasteiger partial charge in [-0.15, -0.1) is 0 Å². The summed E-state index contributed by atoms with van der Waals surface area (Å²) in [6.07, 6.45) is 2.27. The van der Waals surface area contributed by atoms with Crippen LogP contribution in [0.25, 0.3) is 11.1 Å². The zero-order valence-electron chi connectivity index (χ0n) is 10.7. The first-order chi connectivity index (χ1) is 9.31. The van der Waals surface area contributed by atoms with E-state index in [0.29, 0.717) is 11.4 Å². The van der Waals surface area contributed by atoms with Crippen molar-refractivity contribution < 1.29 is 8.81 Å². The SMILES string of the molecule is Fc1cc(N2CCNCC2)c2oc(C3CC3)nc2c1. The third-order valence-corrected chi connectivity index (χ3v) is 3.84. The van der Waals surface area contributed by atoms with Gasteiger partial charge in [-0.1, -0.05) is 0 Å². The average molecular weight is 261 g/mol. The molecule has 0 bridgehead atoms. The number of halogens is 1. The molecule has 2 heterocycles. The Kier molecular flexibility index (Phi) is 2.48. The molecule has 1 aromatic carbocycles. The predicted octanol–water partition coefficient (Wildman–Crippen LogP) is 2.25. The normalized spacial score (nSPS) is 20.2. The van der Waals surface area contributed by atoms with Gasteiger partial charge in [0.2, 0.25) is 0 Å². The number of piperazine rings is 1. The molecule has 4 rings (SSSR count). The second-order valence-corrected chi connectivity index (χ2v) is 5.34. The molecular formula is C14H16FN3O. The van der Waals surface area contributed by atoms with Gasteiger partial charge >= 0.3 is 0 Å². The first-order valence-corrected chi connectivity index (χ1v) is 6.87. The molecule has 0 amide bonds. The molecule has 2 aliphatic rings. The summed E-state index contributed by atoms with van der Waals surface area (Å²) in [6.45, 7) is 3.58. The summed E-state index contributed by atoms with van der Waals surface area (Å²) < 4.78 is 19.6. The molecule has 2 fully saturated rings. The Labute approximate surface area is 110 Å². The number of benzene rings is 1. The molecule has 0 spiro atoms. The standard InChI is InChI=1S/C14H16FN3O/c15-10-7-11-13(19-14(17-11)9-1-2-9)12(8-10)18-5-3-16-4-6-18/h7-9,16H,1-6H2. The summed E-state index contributed by atoms with van der Waals surface area (Å²) >= 11 is 0. The van der Waals surface area contributed by atoms with Crippen LogP contribution in [0.4, 0.5) is 10.1 Å². The van der Waals surface area contributed by atoms with Crippen LogP contribution in [0.2, 0.25) is 0 Å². The van der Waals surface area contributed by atoms with E-state index < -0.39 is 0 Å². The smallest absolute Gasteiger partial charge is 0.198 e. The lowest BCUT2D eigenvalue weighted by molar-refractivity contribution is 0.528. The van der Waals surface area contributed by atoms with Gasteiger partial charge in [-0.05, 0) is 12.8 Å². The van der Waals surface area contributed by atoms with Gasteiger partial charge in [0, 0.05) is 44.2 Å². The van der Waals surface area contributed by atoms with E-state index in [1.54, 1.807) is 6.07 Å². The highest BCUT2D eigenvalue weighted by Crippen LogP contribution is 2.42. The lowest BCUT2D eigenvalue weighted by atomic mass is 10.2. The van der Waals surface area contributed by atoms with Gasteiger partial charge < -0.3 is 14.6 Å². The maximum absolute atomic E-state index is 13.8. The van der Waals surface area contributed by atoms with E-state index in [0.717, 1.165) is 56.2 Å². The number of nitrogens with zero attached hydrogens (tertiary/aromatic N) is 2. The van der Waals surface area contributed by atoms with Gasteiger partial charge in [0.15, 0.2) is 11.5 Å². The van der Waals surface area contributed by atoms with Crippen molar-refractivity contribution >= 4 is 16.8 Å². The number of aromatic nitrogens is 1. The Morgan fingerprint density at radius 3 is 2.79 bits per heavy atom. The van der Waals surface area contributed by atoms with E-state index in [4.69, 9.17) is 4.42 Å². The molecule has 1 N–H and O–H groups in total. The highest BCUT2D eigenvalue weighted by Gasteiger charge is 2.30. The lowest BCUT2D eigenvalue weighted by Crippen LogP contribution is -2.43. The molecule has 5 heteroatoms. The molecular weight excluding hydrogens is 245 g/mol. The summed E-state index contributed by atoms with van der Waals surface area (Å²) in [6, 6.07) is 3.03. The van der Waals surface area contributed by atoms with Crippen molar-refractivity contribution in [1.29, 1.82) is 0 Å². The molecule has 1 aromatic heterocycles. The van der Waals surface area contributed by atoms with Crippen molar-refractivity contribution in [2.24, 2.45) is 0 Å². The minimum atomic E-state index is -0.239.